The predicted molar refractivity (Wildman–Crippen MR) is 32.5 cm³/mol. The third-order valence-corrected chi connectivity index (χ3v) is 0.824. The van der Waals surface area contributed by atoms with E-state index in [-0.39, 0.29) is 12.3 Å². The lowest BCUT2D eigenvalue weighted by molar-refractivity contribution is -0.133. The van der Waals surface area contributed by atoms with E-state index >= 15 is 0 Å². The van der Waals surface area contributed by atoms with Crippen molar-refractivity contribution in [1.82, 2.24) is 4.90 Å². The lowest BCUT2D eigenvalue weighted by Crippen LogP contribution is -2.27. The summed E-state index contributed by atoms with van der Waals surface area (Å²) in [4.78, 5) is 22.0. The monoisotopic (exact) mass is 130 g/mol. The van der Waals surface area contributed by atoms with Gasteiger partial charge >= 0.3 is 0 Å². The third-order valence-electron chi connectivity index (χ3n) is 0.824. The molecule has 0 aromatic rings. The summed E-state index contributed by atoms with van der Waals surface area (Å²) < 4.78 is 0. The Morgan fingerprint density at radius 2 is 1.89 bits per heavy atom. The topological polar surface area (TPSA) is 63.4 Å². The van der Waals surface area contributed by atoms with Gasteiger partial charge in [-0.05, 0) is 0 Å². The molecular formula is C5H10N2O2. The number of nitrogens with zero attached hydrogens (tertiary/aromatic N) is 1. The van der Waals surface area contributed by atoms with Crippen molar-refractivity contribution in [2.75, 3.05) is 14.1 Å². The van der Waals surface area contributed by atoms with Crippen LogP contribution in [0.1, 0.15) is 6.42 Å². The van der Waals surface area contributed by atoms with Crippen molar-refractivity contribution < 1.29 is 9.59 Å². The van der Waals surface area contributed by atoms with E-state index in [1.807, 2.05) is 0 Å². The zero-order chi connectivity index (χ0) is 7.44. The van der Waals surface area contributed by atoms with E-state index in [2.05, 4.69) is 0 Å². The van der Waals surface area contributed by atoms with Crippen molar-refractivity contribution in [2.24, 2.45) is 5.73 Å². The first kappa shape index (κ1) is 7.94. The molecule has 0 rings (SSSR count). The van der Waals surface area contributed by atoms with Crippen LogP contribution in [-0.2, 0) is 9.59 Å². The van der Waals surface area contributed by atoms with E-state index < -0.39 is 5.91 Å². The molecule has 0 saturated carbocycles. The molecule has 0 spiro atoms. The average Bonchev–Trinajstić information content (AvgIpc) is 1.63. The van der Waals surface area contributed by atoms with E-state index in [4.69, 9.17) is 5.73 Å². The van der Waals surface area contributed by atoms with E-state index in [1.165, 1.54) is 4.90 Å². The van der Waals surface area contributed by atoms with Crippen molar-refractivity contribution in [3.63, 3.8) is 0 Å². The van der Waals surface area contributed by atoms with Crippen LogP contribution in [0.5, 0.6) is 0 Å². The molecule has 0 aliphatic rings. The Bertz CT molecular complexity index is 131. The maximum atomic E-state index is 10.6. The Balaban J connectivity index is 3.64. The molecule has 9 heavy (non-hydrogen) atoms. The van der Waals surface area contributed by atoms with E-state index in [1.54, 1.807) is 14.1 Å². The van der Waals surface area contributed by atoms with Gasteiger partial charge in [0.2, 0.25) is 11.8 Å². The molecule has 0 bridgehead atoms. The first-order valence-corrected chi connectivity index (χ1v) is 2.52. The number of hydrogen-bond acceptors (Lipinski definition) is 2. The second kappa shape index (κ2) is 3.06. The molecule has 0 heterocycles. The molecule has 0 radical (unpaired) electrons. The molecule has 0 aliphatic heterocycles. The number of carbonyl (C=O) groups is 2. The summed E-state index contributed by atoms with van der Waals surface area (Å²) in [5, 5.41) is 0. The van der Waals surface area contributed by atoms with Gasteiger partial charge in [0, 0.05) is 14.1 Å². The van der Waals surface area contributed by atoms with Crippen molar-refractivity contribution in [3.05, 3.63) is 0 Å². The molecule has 4 heteroatoms. The van der Waals surface area contributed by atoms with Gasteiger partial charge in [-0.2, -0.15) is 0 Å². The first-order chi connectivity index (χ1) is 4.04. The lowest BCUT2D eigenvalue weighted by Gasteiger charge is -2.06. The minimum absolute atomic E-state index is 0.201. The van der Waals surface area contributed by atoms with E-state index in [9.17, 15) is 9.59 Å². The summed E-state index contributed by atoms with van der Waals surface area (Å²) in [5.41, 5.74) is 4.74. The Labute approximate surface area is 53.6 Å². The van der Waals surface area contributed by atoms with Gasteiger partial charge in [-0.15, -0.1) is 0 Å². The van der Waals surface area contributed by atoms with Crippen LogP contribution >= 0.6 is 0 Å². The maximum absolute atomic E-state index is 10.6. The third kappa shape index (κ3) is 3.52. The Morgan fingerprint density at radius 3 is 2.00 bits per heavy atom. The Morgan fingerprint density at radius 1 is 1.44 bits per heavy atom. The summed E-state index contributed by atoms with van der Waals surface area (Å²) >= 11 is 0. The van der Waals surface area contributed by atoms with Gasteiger partial charge in [-0.25, -0.2) is 0 Å². The van der Waals surface area contributed by atoms with Crippen LogP contribution in [0.4, 0.5) is 0 Å². The van der Waals surface area contributed by atoms with Crippen molar-refractivity contribution in [3.8, 4) is 0 Å². The van der Waals surface area contributed by atoms with Gasteiger partial charge in [0.1, 0.15) is 6.42 Å². The first-order valence-electron chi connectivity index (χ1n) is 2.52. The molecule has 0 unspecified atom stereocenters. The zero-order valence-electron chi connectivity index (χ0n) is 5.55. The Kier molecular flexibility index (Phi) is 2.70. The fourth-order valence-corrected chi connectivity index (χ4v) is 0.307. The van der Waals surface area contributed by atoms with Gasteiger partial charge in [0.25, 0.3) is 0 Å². The highest BCUT2D eigenvalue weighted by Gasteiger charge is 2.06. The molecule has 2 N–H and O–H groups in total. The van der Waals surface area contributed by atoms with Crippen molar-refractivity contribution >= 4 is 11.8 Å². The molecule has 0 atom stereocenters. The SMILES string of the molecule is CN(C)C(=O)CC(N)=O. The summed E-state index contributed by atoms with van der Waals surface area (Å²) in [6.45, 7) is 0. The van der Waals surface area contributed by atoms with Crippen LogP contribution in [0.2, 0.25) is 0 Å². The van der Waals surface area contributed by atoms with Crippen LogP contribution in [0.3, 0.4) is 0 Å². The van der Waals surface area contributed by atoms with Crippen LogP contribution in [0.25, 0.3) is 0 Å². The van der Waals surface area contributed by atoms with E-state index in [0.29, 0.717) is 0 Å². The number of rotatable bonds is 2. The summed E-state index contributed by atoms with van der Waals surface area (Å²) in [5.74, 6) is -0.851. The number of primary amides is 1. The van der Waals surface area contributed by atoms with E-state index in [0.717, 1.165) is 0 Å². The second-order valence-corrected chi connectivity index (χ2v) is 1.93. The van der Waals surface area contributed by atoms with Gasteiger partial charge in [0.05, 0.1) is 0 Å². The molecule has 0 aromatic heterocycles. The van der Waals surface area contributed by atoms with Crippen molar-refractivity contribution in [1.29, 1.82) is 0 Å². The quantitative estimate of drug-likeness (QED) is 0.485. The van der Waals surface area contributed by atoms with Crippen molar-refractivity contribution in [2.45, 2.75) is 6.42 Å². The molecule has 2 amide bonds. The van der Waals surface area contributed by atoms with Crippen LogP contribution in [0, 0.1) is 0 Å². The average molecular weight is 130 g/mol. The van der Waals surface area contributed by atoms with Gasteiger partial charge < -0.3 is 10.6 Å². The van der Waals surface area contributed by atoms with Crippen LogP contribution in [0.15, 0.2) is 0 Å². The van der Waals surface area contributed by atoms with Crippen LogP contribution < -0.4 is 5.73 Å². The normalized spacial score (nSPS) is 8.67. The molecule has 0 aromatic carbocycles. The van der Waals surface area contributed by atoms with Gasteiger partial charge in [-0.3, -0.25) is 9.59 Å². The molecule has 0 aliphatic carbocycles. The molecule has 0 fully saturated rings. The summed E-state index contributed by atoms with van der Waals surface area (Å²) in [6.07, 6.45) is -0.201. The molecule has 0 saturated heterocycles. The molecule has 4 nitrogen and oxygen atoms in total. The minimum atomic E-state index is -0.589. The lowest BCUT2D eigenvalue weighted by atomic mass is 10.4. The van der Waals surface area contributed by atoms with Crippen LogP contribution in [-0.4, -0.2) is 30.8 Å². The van der Waals surface area contributed by atoms with Gasteiger partial charge in [-0.1, -0.05) is 0 Å². The maximum Gasteiger partial charge on any atom is 0.231 e. The largest absolute Gasteiger partial charge is 0.369 e. The highest BCUT2D eigenvalue weighted by molar-refractivity contribution is 5.95. The fraction of sp³-hybridized carbons (Fsp3) is 0.600. The molecular weight excluding hydrogens is 120 g/mol. The highest BCUT2D eigenvalue weighted by atomic mass is 16.2. The summed E-state index contributed by atoms with van der Waals surface area (Å²) in [6, 6.07) is 0. The zero-order valence-corrected chi connectivity index (χ0v) is 5.55. The fourth-order valence-electron chi connectivity index (χ4n) is 0.307. The Hall–Kier alpha value is -1.06. The number of carbonyl (C=O) groups excluding carboxylic acids is 2. The standard InChI is InChI=1S/C5H10N2O2/c1-7(2)5(9)3-4(6)8/h3H2,1-2H3,(H2,6,8). The number of hydrogen-bond donors (Lipinski definition) is 1. The second-order valence-electron chi connectivity index (χ2n) is 1.93. The number of nitrogens with two attached hydrogens (primary N) is 1. The molecule has 52 valence electrons. The van der Waals surface area contributed by atoms with Gasteiger partial charge in [0.15, 0.2) is 0 Å². The number of amides is 2. The predicted octanol–water partition coefficient (Wildman–Crippen LogP) is -1.05. The summed E-state index contributed by atoms with van der Waals surface area (Å²) in [7, 11) is 3.15. The minimum Gasteiger partial charge on any atom is -0.369 e. The highest BCUT2D eigenvalue weighted by Crippen LogP contribution is 1.83. The smallest absolute Gasteiger partial charge is 0.231 e.